The number of rotatable bonds is 5. The van der Waals surface area contributed by atoms with Gasteiger partial charge in [-0.1, -0.05) is 45.7 Å². The molecule has 0 aromatic heterocycles. The first kappa shape index (κ1) is 16.0. The molecule has 0 aliphatic rings. The van der Waals surface area contributed by atoms with Crippen LogP contribution in [-0.2, 0) is 6.42 Å². The van der Waals surface area contributed by atoms with Crippen LogP contribution in [0.2, 0.25) is 5.02 Å². The van der Waals surface area contributed by atoms with Gasteiger partial charge in [0.25, 0.3) is 5.91 Å². The lowest BCUT2D eigenvalue weighted by Gasteiger charge is -2.09. The minimum Gasteiger partial charge on any atom is -0.322 e. The lowest BCUT2D eigenvalue weighted by molar-refractivity contribution is 0.102. The van der Waals surface area contributed by atoms with E-state index in [0.717, 1.165) is 23.7 Å². The second kappa shape index (κ2) is 7.57. The van der Waals surface area contributed by atoms with Crippen LogP contribution >= 0.6 is 27.5 Å². The van der Waals surface area contributed by atoms with Crippen molar-refractivity contribution >= 4 is 39.1 Å². The smallest absolute Gasteiger partial charge is 0.260 e. The molecular formula is C16H14BrClFNO. The fourth-order valence-corrected chi connectivity index (χ4v) is 2.51. The Morgan fingerprint density at radius 1 is 1.24 bits per heavy atom. The monoisotopic (exact) mass is 369 g/mol. The van der Waals surface area contributed by atoms with E-state index in [0.29, 0.717) is 5.69 Å². The number of amides is 1. The van der Waals surface area contributed by atoms with Gasteiger partial charge in [0.05, 0.1) is 10.6 Å². The molecule has 0 unspecified atom stereocenters. The average Bonchev–Trinajstić information content (AvgIpc) is 2.45. The predicted molar refractivity (Wildman–Crippen MR) is 87.9 cm³/mol. The highest BCUT2D eigenvalue weighted by molar-refractivity contribution is 9.09. The van der Waals surface area contributed by atoms with Crippen molar-refractivity contribution in [1.82, 2.24) is 0 Å². The zero-order chi connectivity index (χ0) is 15.2. The molecule has 1 amide bonds. The Bertz CT molecular complexity index is 628. The first-order chi connectivity index (χ1) is 10.1. The van der Waals surface area contributed by atoms with Crippen LogP contribution in [-0.4, -0.2) is 11.2 Å². The molecule has 0 atom stereocenters. The second-order valence-corrected chi connectivity index (χ2v) is 5.74. The molecule has 2 aromatic carbocycles. The zero-order valence-electron chi connectivity index (χ0n) is 11.2. The van der Waals surface area contributed by atoms with E-state index in [-0.39, 0.29) is 10.6 Å². The molecule has 2 aromatic rings. The summed E-state index contributed by atoms with van der Waals surface area (Å²) in [6.45, 7) is 0. The van der Waals surface area contributed by atoms with E-state index < -0.39 is 11.7 Å². The Morgan fingerprint density at radius 3 is 2.71 bits per heavy atom. The van der Waals surface area contributed by atoms with Gasteiger partial charge in [-0.2, -0.15) is 0 Å². The lowest BCUT2D eigenvalue weighted by Crippen LogP contribution is -2.14. The SMILES string of the molecule is O=C(Nc1cccc(CCCBr)c1)c1c(F)cccc1Cl. The summed E-state index contributed by atoms with van der Waals surface area (Å²) in [5.74, 6) is -1.17. The molecule has 0 saturated carbocycles. The van der Waals surface area contributed by atoms with Crippen molar-refractivity contribution in [1.29, 1.82) is 0 Å². The van der Waals surface area contributed by atoms with E-state index in [1.807, 2.05) is 18.2 Å². The maximum Gasteiger partial charge on any atom is 0.260 e. The molecule has 0 bridgehead atoms. The summed E-state index contributed by atoms with van der Waals surface area (Å²) in [4.78, 5) is 12.1. The largest absolute Gasteiger partial charge is 0.322 e. The van der Waals surface area contributed by atoms with Crippen LogP contribution in [0, 0.1) is 5.82 Å². The Kier molecular flexibility index (Phi) is 5.76. The molecule has 5 heteroatoms. The fraction of sp³-hybridized carbons (Fsp3) is 0.188. The zero-order valence-corrected chi connectivity index (χ0v) is 13.5. The van der Waals surface area contributed by atoms with Crippen molar-refractivity contribution in [2.24, 2.45) is 0 Å². The Balaban J connectivity index is 2.16. The number of anilines is 1. The van der Waals surface area contributed by atoms with E-state index in [9.17, 15) is 9.18 Å². The number of hydrogen-bond donors (Lipinski definition) is 1. The van der Waals surface area contributed by atoms with Crippen LogP contribution in [0.4, 0.5) is 10.1 Å². The van der Waals surface area contributed by atoms with Crippen LogP contribution in [0.3, 0.4) is 0 Å². The molecule has 0 aliphatic heterocycles. The highest BCUT2D eigenvalue weighted by Gasteiger charge is 2.15. The fourth-order valence-electron chi connectivity index (χ4n) is 1.98. The van der Waals surface area contributed by atoms with Gasteiger partial charge in [0.2, 0.25) is 0 Å². The summed E-state index contributed by atoms with van der Waals surface area (Å²) in [6.07, 6.45) is 1.92. The summed E-state index contributed by atoms with van der Waals surface area (Å²) < 4.78 is 13.7. The van der Waals surface area contributed by atoms with Crippen LogP contribution in [0.1, 0.15) is 22.3 Å². The third-order valence-corrected chi connectivity index (χ3v) is 3.85. The lowest BCUT2D eigenvalue weighted by atomic mass is 10.1. The van der Waals surface area contributed by atoms with Crippen molar-refractivity contribution < 1.29 is 9.18 Å². The topological polar surface area (TPSA) is 29.1 Å². The van der Waals surface area contributed by atoms with E-state index in [4.69, 9.17) is 11.6 Å². The number of benzene rings is 2. The maximum atomic E-state index is 13.7. The number of nitrogens with one attached hydrogen (secondary N) is 1. The number of carbonyl (C=O) groups is 1. The van der Waals surface area contributed by atoms with Crippen molar-refractivity contribution in [3.8, 4) is 0 Å². The second-order valence-electron chi connectivity index (χ2n) is 4.54. The summed E-state index contributed by atoms with van der Waals surface area (Å²) in [7, 11) is 0. The maximum absolute atomic E-state index is 13.7. The molecule has 0 aliphatic carbocycles. The molecule has 0 radical (unpaired) electrons. The summed E-state index contributed by atoms with van der Waals surface area (Å²) in [5, 5.41) is 3.71. The molecule has 110 valence electrons. The molecule has 0 fully saturated rings. The van der Waals surface area contributed by atoms with Gasteiger partial charge in [-0.05, 0) is 42.7 Å². The number of halogens is 3. The van der Waals surface area contributed by atoms with E-state index in [2.05, 4.69) is 21.2 Å². The first-order valence-electron chi connectivity index (χ1n) is 6.52. The molecule has 2 rings (SSSR count). The number of alkyl halides is 1. The van der Waals surface area contributed by atoms with Crippen molar-refractivity contribution in [3.05, 3.63) is 64.4 Å². The number of aryl methyl sites for hydroxylation is 1. The highest BCUT2D eigenvalue weighted by atomic mass is 79.9. The van der Waals surface area contributed by atoms with Gasteiger partial charge in [-0.15, -0.1) is 0 Å². The third kappa shape index (κ3) is 4.29. The van der Waals surface area contributed by atoms with E-state index in [1.165, 1.54) is 18.2 Å². The molecule has 1 N–H and O–H groups in total. The van der Waals surface area contributed by atoms with E-state index in [1.54, 1.807) is 6.07 Å². The Morgan fingerprint density at radius 2 is 2.00 bits per heavy atom. The van der Waals surface area contributed by atoms with Crippen LogP contribution < -0.4 is 5.32 Å². The summed E-state index contributed by atoms with van der Waals surface area (Å²) in [6, 6.07) is 11.7. The van der Waals surface area contributed by atoms with Crippen LogP contribution in [0.25, 0.3) is 0 Å². The van der Waals surface area contributed by atoms with Gasteiger partial charge < -0.3 is 5.32 Å². The number of carbonyl (C=O) groups excluding carboxylic acids is 1. The Hall–Kier alpha value is -1.39. The first-order valence-corrected chi connectivity index (χ1v) is 8.02. The normalized spacial score (nSPS) is 10.4. The number of hydrogen-bond acceptors (Lipinski definition) is 1. The van der Waals surface area contributed by atoms with Crippen molar-refractivity contribution in [3.63, 3.8) is 0 Å². The summed E-state index contributed by atoms with van der Waals surface area (Å²) in [5.41, 5.74) is 1.61. The van der Waals surface area contributed by atoms with Gasteiger partial charge in [0.1, 0.15) is 5.82 Å². The highest BCUT2D eigenvalue weighted by Crippen LogP contribution is 2.21. The standard InChI is InChI=1S/C16H14BrClFNO/c17-9-3-5-11-4-1-6-12(10-11)20-16(21)15-13(18)7-2-8-14(15)19/h1-2,4,6-8,10H,3,5,9H2,(H,20,21). The third-order valence-electron chi connectivity index (χ3n) is 2.97. The van der Waals surface area contributed by atoms with E-state index >= 15 is 0 Å². The van der Waals surface area contributed by atoms with Crippen LogP contribution in [0.15, 0.2) is 42.5 Å². The minimum atomic E-state index is -0.629. The molecule has 0 spiro atoms. The Labute approximate surface area is 136 Å². The molecule has 0 heterocycles. The van der Waals surface area contributed by atoms with Crippen molar-refractivity contribution in [2.75, 3.05) is 10.6 Å². The van der Waals surface area contributed by atoms with Gasteiger partial charge in [-0.3, -0.25) is 4.79 Å². The van der Waals surface area contributed by atoms with Gasteiger partial charge in [-0.25, -0.2) is 4.39 Å². The summed E-state index contributed by atoms with van der Waals surface area (Å²) >= 11 is 9.27. The molecule has 2 nitrogen and oxygen atoms in total. The molecule has 21 heavy (non-hydrogen) atoms. The molecule has 0 saturated heterocycles. The van der Waals surface area contributed by atoms with Crippen molar-refractivity contribution in [2.45, 2.75) is 12.8 Å². The van der Waals surface area contributed by atoms with Gasteiger partial charge in [0.15, 0.2) is 0 Å². The average molecular weight is 371 g/mol. The predicted octanol–water partition coefficient (Wildman–Crippen LogP) is 5.06. The van der Waals surface area contributed by atoms with Gasteiger partial charge >= 0.3 is 0 Å². The van der Waals surface area contributed by atoms with Gasteiger partial charge in [0, 0.05) is 11.0 Å². The minimum absolute atomic E-state index is 0.0999. The molecular weight excluding hydrogens is 357 g/mol. The van der Waals surface area contributed by atoms with Crippen LogP contribution in [0.5, 0.6) is 0 Å². The quantitative estimate of drug-likeness (QED) is 0.732.